The molecule has 0 saturated carbocycles. The van der Waals surface area contributed by atoms with Crippen LogP contribution in [0.3, 0.4) is 0 Å². The third-order valence-electron chi connectivity index (χ3n) is 3.82. The molecule has 2 N–H and O–H groups in total. The summed E-state index contributed by atoms with van der Waals surface area (Å²) >= 11 is 2.03. The van der Waals surface area contributed by atoms with E-state index in [1.54, 1.807) is 0 Å². The maximum absolute atomic E-state index is 6.29. The Morgan fingerprint density at radius 2 is 2.28 bits per heavy atom. The highest BCUT2D eigenvalue weighted by molar-refractivity contribution is 7.99. The quantitative estimate of drug-likeness (QED) is 0.826. The molecular formula is C15H26N2S. The fraction of sp³-hybridized carbons (Fsp3) is 0.733. The Morgan fingerprint density at radius 1 is 1.50 bits per heavy atom. The second kappa shape index (κ2) is 5.70. The average Bonchev–Trinajstić information content (AvgIpc) is 2.66. The van der Waals surface area contributed by atoms with Crippen LogP contribution in [0.2, 0.25) is 0 Å². The molecule has 1 aliphatic rings. The average molecular weight is 266 g/mol. The molecule has 3 heteroatoms. The summed E-state index contributed by atoms with van der Waals surface area (Å²) in [7, 11) is 0. The van der Waals surface area contributed by atoms with Crippen LogP contribution in [0.4, 0.5) is 0 Å². The Hall–Kier alpha value is -0.410. The zero-order valence-electron chi connectivity index (χ0n) is 11.9. The second-order valence-electron chi connectivity index (χ2n) is 6.11. The van der Waals surface area contributed by atoms with Gasteiger partial charge >= 0.3 is 0 Å². The van der Waals surface area contributed by atoms with Gasteiger partial charge in [0.1, 0.15) is 0 Å². The molecule has 2 nitrogen and oxygen atoms in total. The van der Waals surface area contributed by atoms with Gasteiger partial charge in [-0.3, -0.25) is 0 Å². The van der Waals surface area contributed by atoms with Gasteiger partial charge in [0.25, 0.3) is 0 Å². The lowest BCUT2D eigenvalue weighted by molar-refractivity contribution is 0.275. The van der Waals surface area contributed by atoms with E-state index in [1.165, 1.54) is 35.6 Å². The van der Waals surface area contributed by atoms with Crippen molar-refractivity contribution in [1.29, 1.82) is 0 Å². The topological polar surface area (TPSA) is 30.9 Å². The van der Waals surface area contributed by atoms with Gasteiger partial charge in [-0.05, 0) is 47.8 Å². The highest BCUT2D eigenvalue weighted by atomic mass is 32.2. The summed E-state index contributed by atoms with van der Waals surface area (Å²) in [4.78, 5) is 0. The van der Waals surface area contributed by atoms with Crippen LogP contribution in [0.15, 0.2) is 12.3 Å². The van der Waals surface area contributed by atoms with E-state index in [0.717, 1.165) is 13.0 Å². The van der Waals surface area contributed by atoms with E-state index in [1.807, 2.05) is 11.8 Å². The van der Waals surface area contributed by atoms with Gasteiger partial charge in [-0.15, -0.1) is 0 Å². The zero-order valence-corrected chi connectivity index (χ0v) is 12.7. The van der Waals surface area contributed by atoms with Crippen molar-refractivity contribution in [2.24, 2.45) is 11.1 Å². The molecule has 1 unspecified atom stereocenters. The first-order valence-electron chi connectivity index (χ1n) is 7.05. The standard InChI is InChI=1S/C15H26N2S/c1-4-18-9-5-7-17-8-6-12-13(16)10-15(2,3)11-14(12)17/h6,8,13H,4-5,7,9-11,16H2,1-3H3. The molecule has 1 aromatic rings. The van der Waals surface area contributed by atoms with E-state index in [2.05, 4.69) is 37.6 Å². The number of rotatable bonds is 5. The molecule has 0 bridgehead atoms. The van der Waals surface area contributed by atoms with E-state index in [4.69, 9.17) is 5.73 Å². The lowest BCUT2D eigenvalue weighted by Gasteiger charge is -2.34. The normalized spacial score (nSPS) is 21.9. The Balaban J connectivity index is 2.06. The summed E-state index contributed by atoms with van der Waals surface area (Å²) in [6.07, 6.45) is 5.78. The lowest BCUT2D eigenvalue weighted by atomic mass is 9.74. The molecule has 0 aromatic carbocycles. The van der Waals surface area contributed by atoms with E-state index in [-0.39, 0.29) is 6.04 Å². The molecule has 0 saturated heterocycles. The van der Waals surface area contributed by atoms with Gasteiger partial charge in [0.05, 0.1) is 0 Å². The molecule has 1 heterocycles. The van der Waals surface area contributed by atoms with Crippen molar-refractivity contribution in [3.8, 4) is 0 Å². The highest BCUT2D eigenvalue weighted by Crippen LogP contribution is 2.39. The van der Waals surface area contributed by atoms with E-state index < -0.39 is 0 Å². The van der Waals surface area contributed by atoms with Gasteiger partial charge in [-0.2, -0.15) is 11.8 Å². The minimum atomic E-state index is 0.231. The highest BCUT2D eigenvalue weighted by Gasteiger charge is 2.32. The minimum absolute atomic E-state index is 0.231. The first-order valence-corrected chi connectivity index (χ1v) is 8.20. The number of thioether (sulfide) groups is 1. The van der Waals surface area contributed by atoms with Crippen molar-refractivity contribution in [2.75, 3.05) is 11.5 Å². The first kappa shape index (κ1) is 14.0. The van der Waals surface area contributed by atoms with Gasteiger partial charge in [-0.1, -0.05) is 20.8 Å². The van der Waals surface area contributed by atoms with Crippen molar-refractivity contribution in [3.05, 3.63) is 23.5 Å². The van der Waals surface area contributed by atoms with Crippen LogP contribution in [-0.4, -0.2) is 16.1 Å². The molecule has 0 aliphatic heterocycles. The predicted molar refractivity (Wildman–Crippen MR) is 81.1 cm³/mol. The molecule has 1 aromatic heterocycles. The Kier molecular flexibility index (Phi) is 4.44. The summed E-state index contributed by atoms with van der Waals surface area (Å²) in [5.41, 5.74) is 9.52. The molecule has 1 aliphatic carbocycles. The Bertz CT molecular complexity index is 395. The van der Waals surface area contributed by atoms with Gasteiger partial charge in [0.15, 0.2) is 0 Å². The molecule has 1 atom stereocenters. The van der Waals surface area contributed by atoms with Crippen molar-refractivity contribution in [2.45, 2.75) is 52.6 Å². The van der Waals surface area contributed by atoms with Gasteiger partial charge < -0.3 is 10.3 Å². The summed E-state index contributed by atoms with van der Waals surface area (Å²) in [6, 6.07) is 2.47. The molecule has 0 spiro atoms. The maximum atomic E-state index is 6.29. The number of nitrogens with two attached hydrogens (primary N) is 1. The predicted octanol–water partition coefficient (Wildman–Crippen LogP) is 3.60. The molecule has 2 rings (SSSR count). The molecule has 0 fully saturated rings. The fourth-order valence-electron chi connectivity index (χ4n) is 2.99. The zero-order chi connectivity index (χ0) is 13.2. The van der Waals surface area contributed by atoms with Gasteiger partial charge in [-0.25, -0.2) is 0 Å². The monoisotopic (exact) mass is 266 g/mol. The second-order valence-corrected chi connectivity index (χ2v) is 7.51. The number of fused-ring (bicyclic) bond motifs is 1. The van der Waals surface area contributed by atoms with Gasteiger partial charge in [0, 0.05) is 24.5 Å². The van der Waals surface area contributed by atoms with Crippen molar-refractivity contribution >= 4 is 11.8 Å². The third-order valence-corrected chi connectivity index (χ3v) is 4.81. The molecule has 0 amide bonds. The van der Waals surface area contributed by atoms with E-state index >= 15 is 0 Å². The van der Waals surface area contributed by atoms with Crippen LogP contribution < -0.4 is 5.73 Å². The number of hydrogen-bond acceptors (Lipinski definition) is 2. The van der Waals surface area contributed by atoms with E-state index in [0.29, 0.717) is 5.41 Å². The number of aryl methyl sites for hydroxylation is 1. The van der Waals surface area contributed by atoms with Crippen LogP contribution in [0.1, 0.15) is 50.9 Å². The third kappa shape index (κ3) is 3.12. The van der Waals surface area contributed by atoms with E-state index in [9.17, 15) is 0 Å². The summed E-state index contributed by atoms with van der Waals surface area (Å²) in [5.74, 6) is 2.49. The molecule has 102 valence electrons. The lowest BCUT2D eigenvalue weighted by Crippen LogP contribution is -2.30. The Morgan fingerprint density at radius 3 is 3.00 bits per heavy atom. The van der Waals surface area contributed by atoms with Crippen LogP contribution in [0.5, 0.6) is 0 Å². The molecule has 0 radical (unpaired) electrons. The van der Waals surface area contributed by atoms with Crippen LogP contribution in [0, 0.1) is 5.41 Å². The van der Waals surface area contributed by atoms with Crippen LogP contribution in [-0.2, 0) is 13.0 Å². The summed E-state index contributed by atoms with van der Waals surface area (Å²) in [6.45, 7) is 8.04. The van der Waals surface area contributed by atoms with Crippen molar-refractivity contribution in [3.63, 3.8) is 0 Å². The minimum Gasteiger partial charge on any atom is -0.351 e. The number of hydrogen-bond donors (Lipinski definition) is 1. The van der Waals surface area contributed by atoms with Crippen molar-refractivity contribution < 1.29 is 0 Å². The number of nitrogens with zero attached hydrogens (tertiary/aromatic N) is 1. The fourth-order valence-corrected chi connectivity index (χ4v) is 3.61. The Labute approximate surface area is 115 Å². The van der Waals surface area contributed by atoms with Crippen molar-refractivity contribution in [1.82, 2.24) is 4.57 Å². The maximum Gasteiger partial charge on any atom is 0.0318 e. The SMILES string of the molecule is CCSCCCn1ccc2c1CC(C)(C)CC2N. The first-order chi connectivity index (χ1) is 8.53. The van der Waals surface area contributed by atoms with Crippen LogP contribution in [0.25, 0.3) is 0 Å². The largest absolute Gasteiger partial charge is 0.351 e. The molecule has 18 heavy (non-hydrogen) atoms. The summed E-state index contributed by atoms with van der Waals surface area (Å²) in [5, 5.41) is 0. The number of aromatic nitrogens is 1. The van der Waals surface area contributed by atoms with Gasteiger partial charge in [0.2, 0.25) is 0 Å². The smallest absolute Gasteiger partial charge is 0.0318 e. The van der Waals surface area contributed by atoms with Crippen LogP contribution >= 0.6 is 11.8 Å². The molecular weight excluding hydrogens is 240 g/mol. The summed E-state index contributed by atoms with van der Waals surface area (Å²) < 4.78 is 2.44.